The van der Waals surface area contributed by atoms with Gasteiger partial charge in [-0.25, -0.2) is 10.2 Å². The van der Waals surface area contributed by atoms with Crippen molar-refractivity contribution in [2.45, 2.75) is 20.3 Å². The second-order valence-electron chi connectivity index (χ2n) is 6.67. The Balaban J connectivity index is 1.62. The lowest BCUT2D eigenvalue weighted by atomic mass is 10.0. The Labute approximate surface area is 169 Å². The molecule has 3 aromatic rings. The molecular weight excluding hydrogens is 368 g/mol. The Kier molecular flexibility index (Phi) is 6.24. The molecular formula is C23H22N2O4. The molecule has 148 valence electrons. The summed E-state index contributed by atoms with van der Waals surface area (Å²) in [5.74, 6) is 0.451. The third-order valence-corrected chi connectivity index (χ3v) is 4.43. The third kappa shape index (κ3) is 5.19. The number of aryl methyl sites for hydroxylation is 2. The van der Waals surface area contributed by atoms with Crippen LogP contribution in [0.4, 0.5) is 0 Å². The first-order chi connectivity index (χ1) is 14.0. The highest BCUT2D eigenvalue weighted by Crippen LogP contribution is 2.23. The van der Waals surface area contributed by atoms with Crippen molar-refractivity contribution in [3.63, 3.8) is 0 Å². The number of carbonyl (C=O) groups is 2. The zero-order chi connectivity index (χ0) is 20.8. The summed E-state index contributed by atoms with van der Waals surface area (Å²) >= 11 is 0. The van der Waals surface area contributed by atoms with Crippen LogP contribution in [0.1, 0.15) is 32.8 Å². The van der Waals surface area contributed by atoms with E-state index in [2.05, 4.69) is 10.5 Å². The molecule has 6 nitrogen and oxygen atoms in total. The van der Waals surface area contributed by atoms with Gasteiger partial charge in [0.25, 0.3) is 0 Å². The van der Waals surface area contributed by atoms with Crippen LogP contribution < -0.4 is 5.43 Å². The third-order valence-electron chi connectivity index (χ3n) is 4.43. The van der Waals surface area contributed by atoms with E-state index in [0.717, 1.165) is 22.3 Å². The van der Waals surface area contributed by atoms with Crippen molar-refractivity contribution in [3.05, 3.63) is 82.6 Å². The molecule has 0 aliphatic heterocycles. The van der Waals surface area contributed by atoms with E-state index >= 15 is 0 Å². The zero-order valence-corrected chi connectivity index (χ0v) is 16.6. The SMILES string of the molecule is COC(=O)c1cccc(-c2ccc(/C=N/NC(=O)Cc3ccc(C)cc3C)o2)c1. The largest absolute Gasteiger partial charge is 0.465 e. The van der Waals surface area contributed by atoms with E-state index in [4.69, 9.17) is 9.15 Å². The molecule has 0 fully saturated rings. The number of amides is 1. The summed E-state index contributed by atoms with van der Waals surface area (Å²) < 4.78 is 10.5. The lowest BCUT2D eigenvalue weighted by Gasteiger charge is -2.05. The smallest absolute Gasteiger partial charge is 0.337 e. The van der Waals surface area contributed by atoms with Gasteiger partial charge in [-0.1, -0.05) is 35.9 Å². The van der Waals surface area contributed by atoms with Gasteiger partial charge in [-0.3, -0.25) is 4.79 Å². The minimum atomic E-state index is -0.410. The molecule has 0 radical (unpaired) electrons. The topological polar surface area (TPSA) is 80.9 Å². The van der Waals surface area contributed by atoms with Gasteiger partial charge < -0.3 is 9.15 Å². The van der Waals surface area contributed by atoms with Crippen LogP contribution in [0.5, 0.6) is 0 Å². The standard InChI is InChI=1S/C23H22N2O4/c1-15-7-8-17(16(2)11-15)13-22(26)25-24-14-20-9-10-21(29-20)18-5-4-6-19(12-18)23(27)28-3/h4-12,14H,13H2,1-3H3,(H,25,26)/b24-14+. The minimum Gasteiger partial charge on any atom is -0.465 e. The molecule has 6 heteroatoms. The van der Waals surface area contributed by atoms with E-state index in [1.165, 1.54) is 13.3 Å². The van der Waals surface area contributed by atoms with Crippen molar-refractivity contribution in [2.75, 3.05) is 7.11 Å². The van der Waals surface area contributed by atoms with Gasteiger partial charge in [0, 0.05) is 5.56 Å². The van der Waals surface area contributed by atoms with Gasteiger partial charge in [-0.05, 0) is 49.2 Å². The lowest BCUT2D eigenvalue weighted by molar-refractivity contribution is -0.120. The maximum Gasteiger partial charge on any atom is 0.337 e. The number of nitrogens with zero attached hydrogens (tertiary/aromatic N) is 1. The molecule has 0 saturated heterocycles. The Morgan fingerprint density at radius 2 is 1.93 bits per heavy atom. The quantitative estimate of drug-likeness (QED) is 0.391. The Morgan fingerprint density at radius 3 is 2.69 bits per heavy atom. The Hall–Kier alpha value is -3.67. The highest BCUT2D eigenvalue weighted by molar-refractivity contribution is 5.90. The fourth-order valence-corrected chi connectivity index (χ4v) is 2.92. The number of esters is 1. The number of ether oxygens (including phenoxy) is 1. The van der Waals surface area contributed by atoms with Crippen molar-refractivity contribution in [1.29, 1.82) is 0 Å². The molecule has 29 heavy (non-hydrogen) atoms. The minimum absolute atomic E-state index is 0.203. The van der Waals surface area contributed by atoms with Gasteiger partial charge in [0.2, 0.25) is 5.91 Å². The summed E-state index contributed by atoms with van der Waals surface area (Å²) in [4.78, 5) is 23.8. The Morgan fingerprint density at radius 1 is 1.10 bits per heavy atom. The van der Waals surface area contributed by atoms with E-state index in [9.17, 15) is 9.59 Å². The average Bonchev–Trinajstić information content (AvgIpc) is 3.18. The van der Waals surface area contributed by atoms with Crippen molar-refractivity contribution < 1.29 is 18.7 Å². The summed E-state index contributed by atoms with van der Waals surface area (Å²) in [7, 11) is 1.34. The summed E-state index contributed by atoms with van der Waals surface area (Å²) in [6, 6.07) is 16.4. The number of rotatable bonds is 6. The van der Waals surface area contributed by atoms with Crippen LogP contribution in [0.2, 0.25) is 0 Å². The lowest BCUT2D eigenvalue weighted by Crippen LogP contribution is -2.20. The average molecular weight is 390 g/mol. The number of hydrogen-bond donors (Lipinski definition) is 1. The zero-order valence-electron chi connectivity index (χ0n) is 16.6. The number of nitrogens with one attached hydrogen (secondary N) is 1. The molecule has 0 saturated carbocycles. The Bertz CT molecular complexity index is 1070. The summed E-state index contributed by atoms with van der Waals surface area (Å²) in [6.07, 6.45) is 1.70. The number of carbonyl (C=O) groups excluding carboxylic acids is 2. The number of hydrogen-bond acceptors (Lipinski definition) is 5. The number of benzene rings is 2. The number of methoxy groups -OCH3 is 1. The second kappa shape index (κ2) is 9.01. The van der Waals surface area contributed by atoms with Crippen molar-refractivity contribution in [1.82, 2.24) is 5.43 Å². The van der Waals surface area contributed by atoms with E-state index < -0.39 is 5.97 Å². The molecule has 0 aliphatic carbocycles. The molecule has 2 aromatic carbocycles. The monoisotopic (exact) mass is 390 g/mol. The first kappa shape index (κ1) is 20.1. The fourth-order valence-electron chi connectivity index (χ4n) is 2.92. The highest BCUT2D eigenvalue weighted by Gasteiger charge is 2.09. The molecule has 0 bridgehead atoms. The van der Waals surface area contributed by atoms with Gasteiger partial charge in [0.1, 0.15) is 11.5 Å². The van der Waals surface area contributed by atoms with Crippen molar-refractivity contribution in [2.24, 2.45) is 5.10 Å². The fraction of sp³-hybridized carbons (Fsp3) is 0.174. The summed E-state index contributed by atoms with van der Waals surface area (Å²) in [5, 5.41) is 3.96. The maximum atomic E-state index is 12.1. The molecule has 1 N–H and O–H groups in total. The van der Waals surface area contributed by atoms with Crippen LogP contribution in [0.25, 0.3) is 11.3 Å². The van der Waals surface area contributed by atoms with E-state index in [1.807, 2.05) is 38.1 Å². The van der Waals surface area contributed by atoms with Gasteiger partial charge in [0.15, 0.2) is 0 Å². The molecule has 0 aliphatic rings. The van der Waals surface area contributed by atoms with E-state index in [0.29, 0.717) is 17.1 Å². The summed E-state index contributed by atoms with van der Waals surface area (Å²) in [6.45, 7) is 4.00. The molecule has 0 unspecified atom stereocenters. The first-order valence-electron chi connectivity index (χ1n) is 9.13. The van der Waals surface area contributed by atoms with Crippen LogP contribution in [0.15, 0.2) is 64.1 Å². The van der Waals surface area contributed by atoms with Gasteiger partial charge in [-0.2, -0.15) is 5.10 Å². The van der Waals surface area contributed by atoms with Crippen LogP contribution in [-0.2, 0) is 16.0 Å². The van der Waals surface area contributed by atoms with Crippen LogP contribution in [-0.4, -0.2) is 25.2 Å². The predicted octanol–water partition coefficient (Wildman–Crippen LogP) is 4.04. The van der Waals surface area contributed by atoms with Gasteiger partial charge >= 0.3 is 5.97 Å². The van der Waals surface area contributed by atoms with Crippen LogP contribution in [0.3, 0.4) is 0 Å². The summed E-state index contributed by atoms with van der Waals surface area (Å²) in [5.41, 5.74) is 6.90. The van der Waals surface area contributed by atoms with Crippen molar-refractivity contribution in [3.8, 4) is 11.3 Å². The van der Waals surface area contributed by atoms with Gasteiger partial charge in [0.05, 0.1) is 25.3 Å². The van der Waals surface area contributed by atoms with E-state index in [-0.39, 0.29) is 12.3 Å². The number of hydrazone groups is 1. The molecule has 3 rings (SSSR count). The van der Waals surface area contributed by atoms with E-state index in [1.54, 1.807) is 30.3 Å². The number of furan rings is 1. The molecule has 0 spiro atoms. The second-order valence-corrected chi connectivity index (χ2v) is 6.67. The molecule has 1 heterocycles. The first-order valence-corrected chi connectivity index (χ1v) is 9.13. The van der Waals surface area contributed by atoms with Crippen molar-refractivity contribution >= 4 is 18.1 Å². The molecule has 1 amide bonds. The molecule has 1 aromatic heterocycles. The normalized spacial score (nSPS) is 10.9. The highest BCUT2D eigenvalue weighted by atomic mass is 16.5. The maximum absolute atomic E-state index is 12.1. The van der Waals surface area contributed by atoms with Crippen LogP contribution >= 0.6 is 0 Å². The van der Waals surface area contributed by atoms with Gasteiger partial charge in [-0.15, -0.1) is 0 Å². The van der Waals surface area contributed by atoms with Crippen LogP contribution in [0, 0.1) is 13.8 Å². The predicted molar refractivity (Wildman–Crippen MR) is 111 cm³/mol. The molecule has 0 atom stereocenters.